The maximum atomic E-state index is 13.6. The molecule has 3 rings (SSSR count). The van der Waals surface area contributed by atoms with Gasteiger partial charge in [0.1, 0.15) is 5.82 Å². The van der Waals surface area contributed by atoms with Crippen molar-refractivity contribution in [2.75, 3.05) is 26.3 Å². The van der Waals surface area contributed by atoms with E-state index < -0.39 is 0 Å². The van der Waals surface area contributed by atoms with Gasteiger partial charge in [-0.1, -0.05) is 12.1 Å². The number of para-hydroxylation sites is 1. The van der Waals surface area contributed by atoms with Crippen molar-refractivity contribution in [3.8, 4) is 11.5 Å². The van der Waals surface area contributed by atoms with Gasteiger partial charge in [0.15, 0.2) is 11.5 Å². The Kier molecular flexibility index (Phi) is 7.81. The van der Waals surface area contributed by atoms with Gasteiger partial charge in [-0.2, -0.15) is 0 Å². The van der Waals surface area contributed by atoms with Gasteiger partial charge in [-0.05, 0) is 43.9 Å². The summed E-state index contributed by atoms with van der Waals surface area (Å²) in [5.41, 5.74) is 1.65. The molecule has 0 aliphatic carbocycles. The number of pyridine rings is 1. The molecular weight excluding hydrogens is 373 g/mol. The Morgan fingerprint density at radius 1 is 1.24 bits per heavy atom. The number of amides is 1. The average molecular weight is 401 g/mol. The van der Waals surface area contributed by atoms with Crippen molar-refractivity contribution in [3.05, 3.63) is 53.6 Å². The van der Waals surface area contributed by atoms with Gasteiger partial charge in [0, 0.05) is 31.4 Å². The van der Waals surface area contributed by atoms with E-state index in [1.807, 2.05) is 30.0 Å². The lowest BCUT2D eigenvalue weighted by atomic mass is 10.1. The zero-order valence-electron chi connectivity index (χ0n) is 16.8. The molecule has 0 fully saturated rings. The van der Waals surface area contributed by atoms with Crippen LogP contribution in [0.25, 0.3) is 0 Å². The molecule has 0 atom stereocenters. The molecule has 0 spiro atoms. The Labute approximate surface area is 171 Å². The summed E-state index contributed by atoms with van der Waals surface area (Å²) in [4.78, 5) is 18.3. The van der Waals surface area contributed by atoms with E-state index in [9.17, 15) is 9.18 Å². The minimum absolute atomic E-state index is 0.0444. The number of carbonyl (C=O) groups is 1. The largest absolute Gasteiger partial charge is 0.490 e. The number of benzene rings is 1. The standard InChI is InChI=1S/C22H28FN3O3/c1-2-28-20-8-6-7-18-15-26(14-17-11-19(23)13-24-12-17)16-21(27)25-9-4-3-5-10-29-22(18)20/h6-8,11-13H,2-5,9-10,14-16H2,1H3,(H,25,27). The molecule has 29 heavy (non-hydrogen) atoms. The van der Waals surface area contributed by atoms with Crippen molar-refractivity contribution >= 4 is 5.91 Å². The van der Waals surface area contributed by atoms with Gasteiger partial charge >= 0.3 is 0 Å². The zero-order chi connectivity index (χ0) is 20.5. The van der Waals surface area contributed by atoms with Crippen LogP contribution in [0.4, 0.5) is 4.39 Å². The minimum Gasteiger partial charge on any atom is -0.490 e. The maximum Gasteiger partial charge on any atom is 0.234 e. The van der Waals surface area contributed by atoms with Crippen LogP contribution in [0.15, 0.2) is 36.7 Å². The summed E-state index contributed by atoms with van der Waals surface area (Å²) in [6.07, 6.45) is 5.59. The van der Waals surface area contributed by atoms with Gasteiger partial charge in [-0.15, -0.1) is 0 Å². The summed E-state index contributed by atoms with van der Waals surface area (Å²) >= 11 is 0. The molecule has 7 heteroatoms. The first-order valence-electron chi connectivity index (χ1n) is 10.1. The van der Waals surface area contributed by atoms with Crippen LogP contribution >= 0.6 is 0 Å². The van der Waals surface area contributed by atoms with Crippen molar-refractivity contribution < 1.29 is 18.7 Å². The number of hydrogen-bond donors (Lipinski definition) is 1. The molecule has 1 aromatic carbocycles. The second-order valence-corrected chi connectivity index (χ2v) is 7.09. The quantitative estimate of drug-likeness (QED) is 0.852. The van der Waals surface area contributed by atoms with Gasteiger partial charge in [0.05, 0.1) is 26.0 Å². The SMILES string of the molecule is CCOc1cccc2c1OCCCCCNC(=O)CN(Cc1cncc(F)c1)C2. The molecule has 156 valence electrons. The molecule has 0 saturated carbocycles. The van der Waals surface area contributed by atoms with E-state index in [0.29, 0.717) is 44.2 Å². The van der Waals surface area contributed by atoms with E-state index in [2.05, 4.69) is 10.3 Å². The predicted octanol–water partition coefficient (Wildman–Crippen LogP) is 3.30. The number of nitrogens with zero attached hydrogens (tertiary/aromatic N) is 2. The van der Waals surface area contributed by atoms with Crippen LogP contribution in [0.5, 0.6) is 11.5 Å². The molecule has 2 aromatic rings. The van der Waals surface area contributed by atoms with E-state index in [1.165, 1.54) is 12.3 Å². The van der Waals surface area contributed by atoms with E-state index in [1.54, 1.807) is 6.20 Å². The Hall–Kier alpha value is -2.67. The van der Waals surface area contributed by atoms with Crippen molar-refractivity contribution in [1.82, 2.24) is 15.2 Å². The molecule has 2 heterocycles. The number of aromatic nitrogens is 1. The van der Waals surface area contributed by atoms with Crippen molar-refractivity contribution in [2.45, 2.75) is 39.3 Å². The fourth-order valence-electron chi connectivity index (χ4n) is 3.39. The smallest absolute Gasteiger partial charge is 0.234 e. The Bertz CT molecular complexity index is 816. The monoisotopic (exact) mass is 401 g/mol. The van der Waals surface area contributed by atoms with Crippen molar-refractivity contribution in [1.29, 1.82) is 0 Å². The normalized spacial score (nSPS) is 16.4. The lowest BCUT2D eigenvalue weighted by molar-refractivity contribution is -0.122. The summed E-state index contributed by atoms with van der Waals surface area (Å²) in [6.45, 7) is 4.79. The predicted molar refractivity (Wildman–Crippen MR) is 108 cm³/mol. The van der Waals surface area contributed by atoms with Crippen LogP contribution < -0.4 is 14.8 Å². The van der Waals surface area contributed by atoms with Gasteiger partial charge in [0.2, 0.25) is 5.91 Å². The molecule has 0 unspecified atom stereocenters. The Morgan fingerprint density at radius 2 is 2.14 bits per heavy atom. The zero-order valence-corrected chi connectivity index (χ0v) is 16.8. The second-order valence-electron chi connectivity index (χ2n) is 7.09. The highest BCUT2D eigenvalue weighted by atomic mass is 19.1. The molecule has 1 aliphatic heterocycles. The van der Waals surface area contributed by atoms with Gasteiger partial charge in [-0.25, -0.2) is 4.39 Å². The topological polar surface area (TPSA) is 63.7 Å². The lowest BCUT2D eigenvalue weighted by Gasteiger charge is -2.24. The molecule has 1 N–H and O–H groups in total. The number of carbonyl (C=O) groups excluding carboxylic acids is 1. The molecule has 1 amide bonds. The van der Waals surface area contributed by atoms with Crippen molar-refractivity contribution in [2.24, 2.45) is 0 Å². The molecule has 0 radical (unpaired) electrons. The first-order valence-corrected chi connectivity index (χ1v) is 10.1. The van der Waals surface area contributed by atoms with Gasteiger partial charge in [-0.3, -0.25) is 14.7 Å². The van der Waals surface area contributed by atoms with Crippen LogP contribution in [0.1, 0.15) is 37.3 Å². The molecule has 0 saturated heterocycles. The van der Waals surface area contributed by atoms with E-state index in [4.69, 9.17) is 9.47 Å². The number of rotatable bonds is 4. The van der Waals surface area contributed by atoms with Crippen LogP contribution in [0.2, 0.25) is 0 Å². The average Bonchev–Trinajstić information content (AvgIpc) is 2.70. The van der Waals surface area contributed by atoms with Crippen molar-refractivity contribution in [3.63, 3.8) is 0 Å². The van der Waals surface area contributed by atoms with Crippen LogP contribution in [-0.2, 0) is 17.9 Å². The fraction of sp³-hybridized carbons (Fsp3) is 0.455. The summed E-state index contributed by atoms with van der Waals surface area (Å²) in [5.74, 6) is 0.991. The third-order valence-electron chi connectivity index (χ3n) is 4.68. The molecule has 1 aliphatic rings. The first-order chi connectivity index (χ1) is 14.2. The van der Waals surface area contributed by atoms with Gasteiger partial charge < -0.3 is 14.8 Å². The minimum atomic E-state index is -0.389. The fourth-order valence-corrected chi connectivity index (χ4v) is 3.39. The number of ether oxygens (including phenoxy) is 2. The molecule has 6 nitrogen and oxygen atoms in total. The highest BCUT2D eigenvalue weighted by Crippen LogP contribution is 2.33. The second kappa shape index (κ2) is 10.8. The number of nitrogens with one attached hydrogen (secondary N) is 1. The summed E-state index contributed by atoms with van der Waals surface area (Å²) < 4.78 is 25.4. The van der Waals surface area contributed by atoms with Crippen LogP contribution in [0, 0.1) is 5.82 Å². The van der Waals surface area contributed by atoms with E-state index in [-0.39, 0.29) is 18.3 Å². The Balaban J connectivity index is 1.88. The van der Waals surface area contributed by atoms with Crippen LogP contribution in [-0.4, -0.2) is 42.1 Å². The number of fused-ring (bicyclic) bond motifs is 1. The number of halogens is 1. The third-order valence-corrected chi connectivity index (χ3v) is 4.68. The highest BCUT2D eigenvalue weighted by molar-refractivity contribution is 5.78. The van der Waals surface area contributed by atoms with Crippen LogP contribution in [0.3, 0.4) is 0 Å². The van der Waals surface area contributed by atoms with E-state index in [0.717, 1.165) is 30.6 Å². The third kappa shape index (κ3) is 6.42. The van der Waals surface area contributed by atoms with E-state index >= 15 is 0 Å². The summed E-state index contributed by atoms with van der Waals surface area (Å²) in [7, 11) is 0. The maximum absolute atomic E-state index is 13.6. The summed E-state index contributed by atoms with van der Waals surface area (Å²) in [5, 5.41) is 2.97. The molecule has 1 aromatic heterocycles. The first kappa shape index (κ1) is 21.0. The van der Waals surface area contributed by atoms with Gasteiger partial charge in [0.25, 0.3) is 0 Å². The number of hydrogen-bond acceptors (Lipinski definition) is 5. The Morgan fingerprint density at radius 3 is 2.97 bits per heavy atom. The molecular formula is C22H28FN3O3. The highest BCUT2D eigenvalue weighted by Gasteiger charge is 2.18. The molecule has 0 bridgehead atoms. The summed E-state index contributed by atoms with van der Waals surface area (Å²) in [6, 6.07) is 7.24. The lowest BCUT2D eigenvalue weighted by Crippen LogP contribution is -2.37.